The SMILES string of the molecule is Cc1ccc(C(NN)c2cccc3cccnc23)c(C)c1. The third-order valence-electron chi connectivity index (χ3n) is 3.88. The van der Waals surface area contributed by atoms with Gasteiger partial charge < -0.3 is 0 Å². The van der Waals surface area contributed by atoms with E-state index in [1.807, 2.05) is 18.3 Å². The molecule has 0 bridgehead atoms. The fourth-order valence-electron chi connectivity index (χ4n) is 2.86. The second-order valence-corrected chi connectivity index (χ2v) is 5.38. The summed E-state index contributed by atoms with van der Waals surface area (Å²) in [6.45, 7) is 4.21. The standard InChI is InChI=1S/C18H19N3/c1-12-8-9-15(13(2)11-12)18(21-19)16-7-3-5-14-6-4-10-20-17(14)16/h3-11,18,21H,19H2,1-2H3. The van der Waals surface area contributed by atoms with Crippen LogP contribution in [0.15, 0.2) is 54.7 Å². The van der Waals surface area contributed by atoms with Crippen LogP contribution in [0.25, 0.3) is 10.9 Å². The van der Waals surface area contributed by atoms with Gasteiger partial charge in [-0.3, -0.25) is 10.8 Å². The van der Waals surface area contributed by atoms with Gasteiger partial charge in [-0.2, -0.15) is 0 Å². The summed E-state index contributed by atoms with van der Waals surface area (Å²) in [6, 6.07) is 16.6. The monoisotopic (exact) mass is 277 g/mol. The number of para-hydroxylation sites is 1. The van der Waals surface area contributed by atoms with Crippen LogP contribution in [0.5, 0.6) is 0 Å². The number of hydrogen-bond donors (Lipinski definition) is 2. The van der Waals surface area contributed by atoms with Gasteiger partial charge in [-0.05, 0) is 31.0 Å². The van der Waals surface area contributed by atoms with Gasteiger partial charge in [-0.1, -0.05) is 48.0 Å². The predicted molar refractivity (Wildman–Crippen MR) is 86.8 cm³/mol. The molecule has 0 spiro atoms. The zero-order chi connectivity index (χ0) is 14.8. The maximum absolute atomic E-state index is 5.86. The van der Waals surface area contributed by atoms with Crippen molar-refractivity contribution in [3.8, 4) is 0 Å². The first-order chi connectivity index (χ1) is 10.2. The van der Waals surface area contributed by atoms with Crippen molar-refractivity contribution >= 4 is 10.9 Å². The van der Waals surface area contributed by atoms with E-state index in [1.165, 1.54) is 16.7 Å². The molecule has 3 N–H and O–H groups in total. The van der Waals surface area contributed by atoms with E-state index in [9.17, 15) is 0 Å². The zero-order valence-electron chi connectivity index (χ0n) is 12.3. The number of fused-ring (bicyclic) bond motifs is 1. The predicted octanol–water partition coefficient (Wildman–Crippen LogP) is 3.40. The van der Waals surface area contributed by atoms with E-state index >= 15 is 0 Å². The number of hydrazine groups is 1. The van der Waals surface area contributed by atoms with Gasteiger partial charge in [0.25, 0.3) is 0 Å². The molecule has 106 valence electrons. The van der Waals surface area contributed by atoms with E-state index in [1.54, 1.807) is 0 Å². The molecule has 2 aromatic carbocycles. The van der Waals surface area contributed by atoms with E-state index in [4.69, 9.17) is 5.84 Å². The first-order valence-electron chi connectivity index (χ1n) is 7.07. The normalized spacial score (nSPS) is 12.5. The zero-order valence-corrected chi connectivity index (χ0v) is 12.3. The van der Waals surface area contributed by atoms with Crippen LogP contribution in [0.1, 0.15) is 28.3 Å². The summed E-state index contributed by atoms with van der Waals surface area (Å²) in [6.07, 6.45) is 1.82. The number of benzene rings is 2. The van der Waals surface area contributed by atoms with Crippen LogP contribution in [0.2, 0.25) is 0 Å². The summed E-state index contributed by atoms with van der Waals surface area (Å²) in [5.41, 5.74) is 8.70. The molecule has 1 aromatic heterocycles. The second kappa shape index (κ2) is 5.64. The minimum absolute atomic E-state index is 0.0656. The maximum atomic E-state index is 5.86. The van der Waals surface area contributed by atoms with Crippen molar-refractivity contribution in [1.29, 1.82) is 0 Å². The van der Waals surface area contributed by atoms with Crippen LogP contribution >= 0.6 is 0 Å². The molecule has 1 unspecified atom stereocenters. The van der Waals surface area contributed by atoms with Crippen molar-refractivity contribution in [1.82, 2.24) is 10.4 Å². The molecule has 0 saturated carbocycles. The number of pyridine rings is 1. The molecule has 0 fully saturated rings. The van der Waals surface area contributed by atoms with Crippen molar-refractivity contribution in [3.63, 3.8) is 0 Å². The average Bonchev–Trinajstić information content (AvgIpc) is 2.50. The van der Waals surface area contributed by atoms with Crippen molar-refractivity contribution in [2.45, 2.75) is 19.9 Å². The van der Waals surface area contributed by atoms with E-state index < -0.39 is 0 Å². The number of aromatic nitrogens is 1. The Morgan fingerprint density at radius 2 is 1.81 bits per heavy atom. The molecule has 3 aromatic rings. The summed E-state index contributed by atoms with van der Waals surface area (Å²) in [4.78, 5) is 4.53. The third kappa shape index (κ3) is 2.53. The minimum Gasteiger partial charge on any atom is -0.271 e. The Labute approximate surface area is 124 Å². The van der Waals surface area contributed by atoms with Gasteiger partial charge in [-0.15, -0.1) is 0 Å². The van der Waals surface area contributed by atoms with Gasteiger partial charge in [0.2, 0.25) is 0 Å². The molecule has 3 nitrogen and oxygen atoms in total. The van der Waals surface area contributed by atoms with Crippen LogP contribution in [0.3, 0.4) is 0 Å². The lowest BCUT2D eigenvalue weighted by Gasteiger charge is -2.20. The Morgan fingerprint density at radius 3 is 2.57 bits per heavy atom. The van der Waals surface area contributed by atoms with Crippen LogP contribution in [0.4, 0.5) is 0 Å². The van der Waals surface area contributed by atoms with Gasteiger partial charge in [0.15, 0.2) is 0 Å². The lowest BCUT2D eigenvalue weighted by molar-refractivity contribution is 0.636. The highest BCUT2D eigenvalue weighted by molar-refractivity contribution is 5.82. The Kier molecular flexibility index (Phi) is 3.69. The van der Waals surface area contributed by atoms with Gasteiger partial charge in [0, 0.05) is 17.1 Å². The molecule has 0 aliphatic carbocycles. The number of rotatable bonds is 3. The molecule has 3 heteroatoms. The maximum Gasteiger partial charge on any atom is 0.0753 e. The van der Waals surface area contributed by atoms with Crippen LogP contribution < -0.4 is 11.3 Å². The van der Waals surface area contributed by atoms with Gasteiger partial charge >= 0.3 is 0 Å². The van der Waals surface area contributed by atoms with Gasteiger partial charge in [-0.25, -0.2) is 5.43 Å². The lowest BCUT2D eigenvalue weighted by Crippen LogP contribution is -2.29. The van der Waals surface area contributed by atoms with Crippen molar-refractivity contribution in [2.75, 3.05) is 0 Å². The summed E-state index contributed by atoms with van der Waals surface area (Å²) < 4.78 is 0. The average molecular weight is 277 g/mol. The fraction of sp³-hybridized carbons (Fsp3) is 0.167. The van der Waals surface area contributed by atoms with E-state index in [-0.39, 0.29) is 6.04 Å². The molecule has 0 saturated heterocycles. The smallest absolute Gasteiger partial charge is 0.0753 e. The van der Waals surface area contributed by atoms with Gasteiger partial charge in [0.05, 0.1) is 11.6 Å². The van der Waals surface area contributed by atoms with E-state index in [0.717, 1.165) is 16.5 Å². The molecule has 1 heterocycles. The van der Waals surface area contributed by atoms with Crippen molar-refractivity contribution < 1.29 is 0 Å². The molecule has 0 aliphatic heterocycles. The van der Waals surface area contributed by atoms with Gasteiger partial charge in [0.1, 0.15) is 0 Å². The topological polar surface area (TPSA) is 50.9 Å². The number of aryl methyl sites for hydroxylation is 2. The van der Waals surface area contributed by atoms with Crippen molar-refractivity contribution in [3.05, 3.63) is 77.0 Å². The van der Waals surface area contributed by atoms with Crippen LogP contribution in [-0.4, -0.2) is 4.98 Å². The first kappa shape index (κ1) is 13.7. The lowest BCUT2D eigenvalue weighted by atomic mass is 9.93. The van der Waals surface area contributed by atoms with E-state index in [2.05, 4.69) is 60.7 Å². The molecule has 1 atom stereocenters. The molecule has 21 heavy (non-hydrogen) atoms. The number of nitrogens with one attached hydrogen (secondary N) is 1. The quantitative estimate of drug-likeness (QED) is 0.570. The highest BCUT2D eigenvalue weighted by Gasteiger charge is 2.17. The largest absolute Gasteiger partial charge is 0.271 e. The van der Waals surface area contributed by atoms with Crippen LogP contribution in [0, 0.1) is 13.8 Å². The molecule has 3 rings (SSSR count). The molecule has 0 radical (unpaired) electrons. The Morgan fingerprint density at radius 1 is 1.00 bits per heavy atom. The Hall–Kier alpha value is -2.23. The summed E-state index contributed by atoms with van der Waals surface area (Å²) >= 11 is 0. The summed E-state index contributed by atoms with van der Waals surface area (Å²) in [7, 11) is 0. The molecule has 0 amide bonds. The van der Waals surface area contributed by atoms with Crippen molar-refractivity contribution in [2.24, 2.45) is 5.84 Å². The molecule has 0 aliphatic rings. The summed E-state index contributed by atoms with van der Waals surface area (Å²) in [5, 5.41) is 1.13. The molecular weight excluding hydrogens is 258 g/mol. The minimum atomic E-state index is -0.0656. The first-order valence-corrected chi connectivity index (χ1v) is 7.07. The second-order valence-electron chi connectivity index (χ2n) is 5.38. The highest BCUT2D eigenvalue weighted by Crippen LogP contribution is 2.29. The number of nitrogens with two attached hydrogens (primary N) is 1. The highest BCUT2D eigenvalue weighted by atomic mass is 15.2. The third-order valence-corrected chi connectivity index (χ3v) is 3.88. The fourth-order valence-corrected chi connectivity index (χ4v) is 2.86. The van der Waals surface area contributed by atoms with Crippen LogP contribution in [-0.2, 0) is 0 Å². The van der Waals surface area contributed by atoms with E-state index in [0.29, 0.717) is 0 Å². The Bertz CT molecular complexity index is 775. The number of nitrogens with zero attached hydrogens (tertiary/aromatic N) is 1. The Balaban J connectivity index is 2.18. The molecular formula is C18H19N3. The number of hydrogen-bond acceptors (Lipinski definition) is 3. The summed E-state index contributed by atoms with van der Waals surface area (Å²) in [5.74, 6) is 5.86.